The summed E-state index contributed by atoms with van der Waals surface area (Å²) in [5.74, 6) is -1.13. The molecule has 3 N–H and O–H groups in total. The van der Waals surface area contributed by atoms with Crippen LogP contribution >= 0.6 is 0 Å². The molecule has 0 aliphatic heterocycles. The van der Waals surface area contributed by atoms with Crippen molar-refractivity contribution in [3.8, 4) is 0 Å². The molecule has 0 atom stereocenters. The van der Waals surface area contributed by atoms with Crippen molar-refractivity contribution in [3.63, 3.8) is 0 Å². The molecule has 0 fully saturated rings. The van der Waals surface area contributed by atoms with Crippen molar-refractivity contribution >= 4 is 16.7 Å². The molecule has 0 amide bonds. The van der Waals surface area contributed by atoms with Gasteiger partial charge >= 0.3 is 0 Å². The van der Waals surface area contributed by atoms with Gasteiger partial charge < -0.3 is 29.7 Å². The van der Waals surface area contributed by atoms with Crippen LogP contribution in [0, 0.1) is 0 Å². The first kappa shape index (κ1) is 39.8. The van der Waals surface area contributed by atoms with Gasteiger partial charge in [0.15, 0.2) is 0 Å². The molecule has 2 rings (SSSR count). The van der Waals surface area contributed by atoms with Crippen molar-refractivity contribution in [3.05, 3.63) is 60.2 Å². The number of aromatic carboxylic acids is 1. The molecule has 0 aliphatic carbocycles. The van der Waals surface area contributed by atoms with Gasteiger partial charge in [-0.1, -0.05) is 113 Å². The van der Waals surface area contributed by atoms with E-state index in [1.807, 2.05) is 24.3 Å². The van der Waals surface area contributed by atoms with E-state index < -0.39 is 5.97 Å². The molecule has 2 aromatic rings. The Morgan fingerprint density at radius 2 is 1.07 bits per heavy atom. The Morgan fingerprint density at radius 3 is 1.59 bits per heavy atom. The number of nitrogens with zero attached hydrogens (tertiary/aromatic N) is 1. The third-order valence-corrected chi connectivity index (χ3v) is 8.53. The fourth-order valence-corrected chi connectivity index (χ4v) is 5.99. The summed E-state index contributed by atoms with van der Waals surface area (Å²) in [7, 11) is 0. The lowest BCUT2D eigenvalue weighted by Gasteiger charge is -2.39. The van der Waals surface area contributed by atoms with Gasteiger partial charge in [0.2, 0.25) is 0 Å². The number of hydrogen-bond donors (Lipinski definition) is 3. The SMILES string of the molecule is CCCCCCCC/C=C\CCCCCCCC[N+](CCCO)(CCCO)CCCO.O=C([O-])c1cccc2ccccc12. The first-order valence-corrected chi connectivity index (χ1v) is 17.6. The average molecular weight is 614 g/mol. The second kappa shape index (κ2) is 27.1. The van der Waals surface area contributed by atoms with Crippen LogP contribution in [0.5, 0.6) is 0 Å². The lowest BCUT2D eigenvalue weighted by atomic mass is 10.1. The largest absolute Gasteiger partial charge is 0.545 e. The number of unbranched alkanes of at least 4 members (excludes halogenated alkanes) is 12. The van der Waals surface area contributed by atoms with Gasteiger partial charge in [0.1, 0.15) is 0 Å². The monoisotopic (exact) mass is 613 g/mol. The standard InChI is InChI=1S/C27H56NO3.C11H8O2/c1-2-3-4-5-6-7-8-9-10-11-12-13-14-15-16-17-21-28(22-18-25-29,23-19-26-30)24-20-27-31;12-11(13)10-7-3-5-8-4-1-2-6-9(8)10/h9-10,29-31H,2-8,11-27H2,1H3;1-7H,(H,12,13)/q+1;/p-1/b10-9-;. The molecular formula is C38H63NO5. The van der Waals surface area contributed by atoms with Crippen molar-refractivity contribution in [1.29, 1.82) is 0 Å². The second-order valence-corrected chi connectivity index (χ2v) is 12.2. The van der Waals surface area contributed by atoms with E-state index in [2.05, 4.69) is 19.1 Å². The van der Waals surface area contributed by atoms with Crippen molar-refractivity contribution in [2.24, 2.45) is 0 Å². The number of aliphatic hydroxyl groups is 3. The number of carbonyl (C=O) groups is 1. The van der Waals surface area contributed by atoms with Gasteiger partial charge in [-0.15, -0.1) is 0 Å². The molecule has 6 heteroatoms. The van der Waals surface area contributed by atoms with Crippen LogP contribution in [0.3, 0.4) is 0 Å². The predicted octanol–water partition coefficient (Wildman–Crippen LogP) is 7.19. The zero-order valence-electron chi connectivity index (χ0n) is 27.8. The highest BCUT2D eigenvalue weighted by molar-refractivity contribution is 6.02. The summed E-state index contributed by atoms with van der Waals surface area (Å²) in [5.41, 5.74) is 0.248. The second-order valence-electron chi connectivity index (χ2n) is 12.2. The summed E-state index contributed by atoms with van der Waals surface area (Å²) in [6, 6.07) is 12.5. The molecule has 0 aliphatic rings. The van der Waals surface area contributed by atoms with Gasteiger partial charge in [0.05, 0.1) is 32.1 Å². The quantitative estimate of drug-likeness (QED) is 0.0592. The smallest absolute Gasteiger partial charge is 0.0808 e. The first-order chi connectivity index (χ1) is 21.5. The Morgan fingerprint density at radius 1 is 0.614 bits per heavy atom. The number of fused-ring (bicyclic) bond motifs is 1. The minimum absolute atomic E-state index is 0.228. The van der Waals surface area contributed by atoms with E-state index in [4.69, 9.17) is 0 Å². The average Bonchev–Trinajstić information content (AvgIpc) is 3.05. The van der Waals surface area contributed by atoms with E-state index in [1.165, 1.54) is 89.9 Å². The summed E-state index contributed by atoms with van der Waals surface area (Å²) in [4.78, 5) is 10.7. The molecule has 0 saturated carbocycles. The Balaban J connectivity index is 0.000000607. The van der Waals surface area contributed by atoms with E-state index in [0.29, 0.717) is 0 Å². The van der Waals surface area contributed by atoms with Crippen LogP contribution < -0.4 is 5.11 Å². The molecule has 2 aromatic carbocycles. The summed E-state index contributed by atoms with van der Waals surface area (Å²) in [6.07, 6.45) is 25.8. The lowest BCUT2D eigenvalue weighted by molar-refractivity contribution is -0.929. The number of allylic oxidation sites excluding steroid dienone is 2. The fraction of sp³-hybridized carbons (Fsp3) is 0.658. The number of aliphatic hydroxyl groups excluding tert-OH is 3. The van der Waals surface area contributed by atoms with Gasteiger partial charge in [-0.3, -0.25) is 0 Å². The van der Waals surface area contributed by atoms with Gasteiger partial charge in [0.25, 0.3) is 0 Å². The van der Waals surface area contributed by atoms with Crippen LogP contribution in [0.25, 0.3) is 10.8 Å². The zero-order chi connectivity index (χ0) is 32.1. The summed E-state index contributed by atoms with van der Waals surface area (Å²) in [6.45, 7) is 6.95. The zero-order valence-corrected chi connectivity index (χ0v) is 27.8. The third-order valence-electron chi connectivity index (χ3n) is 8.53. The van der Waals surface area contributed by atoms with Crippen molar-refractivity contribution in [1.82, 2.24) is 0 Å². The van der Waals surface area contributed by atoms with Crippen LogP contribution in [0.2, 0.25) is 0 Å². The summed E-state index contributed by atoms with van der Waals surface area (Å²) in [5, 5.41) is 40.2. The van der Waals surface area contributed by atoms with E-state index in [0.717, 1.165) is 60.7 Å². The molecule has 0 radical (unpaired) electrons. The molecule has 0 aromatic heterocycles. The Hall–Kier alpha value is -2.25. The number of rotatable bonds is 26. The predicted molar refractivity (Wildman–Crippen MR) is 183 cm³/mol. The summed E-state index contributed by atoms with van der Waals surface area (Å²) < 4.78 is 0.949. The van der Waals surface area contributed by atoms with Crippen LogP contribution in [0.1, 0.15) is 126 Å². The minimum Gasteiger partial charge on any atom is -0.545 e. The third kappa shape index (κ3) is 18.5. The molecule has 6 nitrogen and oxygen atoms in total. The Labute approximate surface area is 268 Å². The van der Waals surface area contributed by atoms with Crippen molar-refractivity contribution in [2.45, 2.75) is 116 Å². The van der Waals surface area contributed by atoms with E-state index in [1.54, 1.807) is 18.2 Å². The van der Waals surface area contributed by atoms with Crippen LogP contribution in [-0.2, 0) is 0 Å². The first-order valence-electron chi connectivity index (χ1n) is 17.6. The van der Waals surface area contributed by atoms with Crippen molar-refractivity contribution in [2.75, 3.05) is 46.0 Å². The fourth-order valence-electron chi connectivity index (χ4n) is 5.99. The molecule has 44 heavy (non-hydrogen) atoms. The highest BCUT2D eigenvalue weighted by atomic mass is 16.4. The number of hydrogen-bond acceptors (Lipinski definition) is 5. The summed E-state index contributed by atoms with van der Waals surface area (Å²) >= 11 is 0. The molecule has 0 bridgehead atoms. The van der Waals surface area contributed by atoms with Crippen LogP contribution in [0.15, 0.2) is 54.6 Å². The molecular weight excluding hydrogens is 550 g/mol. The minimum atomic E-state index is -1.13. The maximum atomic E-state index is 10.7. The molecule has 0 spiro atoms. The Bertz CT molecular complexity index is 965. The van der Waals surface area contributed by atoms with Crippen LogP contribution in [-0.4, -0.2) is 71.8 Å². The van der Waals surface area contributed by atoms with E-state index in [-0.39, 0.29) is 25.4 Å². The number of quaternary nitrogens is 1. The maximum absolute atomic E-state index is 10.7. The number of benzene rings is 2. The highest BCUT2D eigenvalue weighted by Crippen LogP contribution is 2.18. The Kier molecular flexibility index (Phi) is 24.5. The topological polar surface area (TPSA) is 101 Å². The highest BCUT2D eigenvalue weighted by Gasteiger charge is 2.25. The van der Waals surface area contributed by atoms with E-state index in [9.17, 15) is 25.2 Å². The number of carbonyl (C=O) groups excluding carboxylic acids is 1. The lowest BCUT2D eigenvalue weighted by Crippen LogP contribution is -2.51. The van der Waals surface area contributed by atoms with E-state index >= 15 is 0 Å². The number of carboxylic acid groups (broad SMARTS) is 1. The number of carboxylic acids is 1. The van der Waals surface area contributed by atoms with Gasteiger partial charge in [-0.25, -0.2) is 0 Å². The maximum Gasteiger partial charge on any atom is 0.0808 e. The molecule has 0 unspecified atom stereocenters. The molecule has 250 valence electrons. The van der Waals surface area contributed by atoms with Gasteiger partial charge in [0, 0.05) is 44.6 Å². The molecule has 0 saturated heterocycles. The van der Waals surface area contributed by atoms with Crippen LogP contribution in [0.4, 0.5) is 0 Å². The normalized spacial score (nSPS) is 11.6. The van der Waals surface area contributed by atoms with Gasteiger partial charge in [-0.2, -0.15) is 0 Å². The van der Waals surface area contributed by atoms with Gasteiger partial charge in [-0.05, 0) is 49.3 Å². The van der Waals surface area contributed by atoms with Crippen molar-refractivity contribution < 1.29 is 29.7 Å². The molecule has 0 heterocycles.